The van der Waals surface area contributed by atoms with Crippen molar-refractivity contribution in [2.75, 3.05) is 0 Å². The number of hydrogen-bond acceptors (Lipinski definition) is 3. The lowest BCUT2D eigenvalue weighted by Crippen LogP contribution is -2.41. The number of nitrogens with two attached hydrogens (primary N) is 1. The fourth-order valence-corrected chi connectivity index (χ4v) is 2.30. The molecule has 1 fully saturated rings. The van der Waals surface area contributed by atoms with Crippen LogP contribution in [0.4, 0.5) is 0 Å². The van der Waals surface area contributed by atoms with Gasteiger partial charge in [0.05, 0.1) is 17.1 Å². The van der Waals surface area contributed by atoms with Gasteiger partial charge in [-0.25, -0.2) is 0 Å². The zero-order valence-electron chi connectivity index (χ0n) is 12.8. The van der Waals surface area contributed by atoms with Crippen LogP contribution in [0.25, 0.3) is 0 Å². The van der Waals surface area contributed by atoms with Crippen molar-refractivity contribution < 1.29 is 9.31 Å². The van der Waals surface area contributed by atoms with Crippen molar-refractivity contribution in [1.29, 1.82) is 0 Å². The molecule has 1 aromatic carbocycles. The quantitative estimate of drug-likeness (QED) is 0.832. The van der Waals surface area contributed by atoms with Crippen LogP contribution < -0.4 is 5.73 Å². The largest absolute Gasteiger partial charge is 0.480 e. The third-order valence-electron chi connectivity index (χ3n) is 4.36. The fraction of sp³-hybridized carbons (Fsp3) is 0.600. The highest BCUT2D eigenvalue weighted by Crippen LogP contribution is 2.39. The first-order valence-corrected chi connectivity index (χ1v) is 6.82. The Bertz CT molecular complexity index is 469. The Morgan fingerprint density at radius 2 is 1.58 bits per heavy atom. The maximum Gasteiger partial charge on any atom is 0.480 e. The molecule has 0 radical (unpaired) electrons. The van der Waals surface area contributed by atoms with E-state index in [1.54, 1.807) is 0 Å². The topological polar surface area (TPSA) is 44.5 Å². The zero-order valence-corrected chi connectivity index (χ0v) is 12.8. The Morgan fingerprint density at radius 3 is 2.11 bits per heavy atom. The van der Waals surface area contributed by atoms with Gasteiger partial charge >= 0.3 is 7.12 Å². The Labute approximate surface area is 116 Å². The normalized spacial score (nSPS) is 22.6. The molecule has 104 valence electrons. The summed E-state index contributed by atoms with van der Waals surface area (Å²) in [6.07, 6.45) is 0. The first-order chi connectivity index (χ1) is 8.64. The van der Waals surface area contributed by atoms with Crippen molar-refractivity contribution in [2.45, 2.75) is 58.7 Å². The maximum absolute atomic E-state index is 6.36. The van der Waals surface area contributed by atoms with E-state index >= 15 is 0 Å². The van der Waals surface area contributed by atoms with Crippen molar-refractivity contribution in [1.82, 2.24) is 0 Å². The summed E-state index contributed by atoms with van der Waals surface area (Å²) in [5, 5.41) is 0. The predicted molar refractivity (Wildman–Crippen MR) is 78.9 cm³/mol. The second-order valence-corrected chi connectivity index (χ2v) is 6.51. The molecular weight excluding hydrogens is 237 g/mol. The average molecular weight is 261 g/mol. The lowest BCUT2D eigenvalue weighted by Gasteiger charge is -2.32. The maximum atomic E-state index is 6.36. The van der Waals surface area contributed by atoms with Crippen molar-refractivity contribution >= 4 is 7.12 Å². The molecule has 1 aliphatic rings. The van der Waals surface area contributed by atoms with Gasteiger partial charge in [-0.15, -0.1) is 0 Å². The summed E-state index contributed by atoms with van der Waals surface area (Å²) in [5.41, 5.74) is 9.15. The van der Waals surface area contributed by atoms with Crippen LogP contribution in [0.15, 0.2) is 18.2 Å². The summed E-state index contributed by atoms with van der Waals surface area (Å²) in [6, 6.07) is 6.30. The smallest absolute Gasteiger partial charge is 0.402 e. The molecule has 2 rings (SSSR count). The van der Waals surface area contributed by atoms with Crippen LogP contribution in [-0.4, -0.2) is 18.3 Å². The molecule has 0 bridgehead atoms. The summed E-state index contributed by atoms with van der Waals surface area (Å²) in [6.45, 7) is 12.3. The van der Waals surface area contributed by atoms with E-state index in [0.29, 0.717) is 0 Å². The highest BCUT2D eigenvalue weighted by molar-refractivity contribution is 6.47. The van der Waals surface area contributed by atoms with Crippen LogP contribution >= 0.6 is 0 Å². The molecule has 3 nitrogen and oxygen atoms in total. The molecule has 0 unspecified atom stereocenters. The van der Waals surface area contributed by atoms with Crippen molar-refractivity contribution in [2.24, 2.45) is 5.73 Å². The van der Waals surface area contributed by atoms with Crippen molar-refractivity contribution in [3.63, 3.8) is 0 Å². The molecule has 1 aliphatic heterocycles. The molecule has 19 heavy (non-hydrogen) atoms. The standard InChI is InChI=1S/C15H24BNO2/c1-10-7-8-11(2)12(9-10)13(17)16-18-14(3,4)15(5,6)19-16/h7-9,13H,17H2,1-6H3/t13-/m1/s1. The van der Waals surface area contributed by atoms with Crippen LogP contribution in [0.5, 0.6) is 0 Å². The van der Waals surface area contributed by atoms with Gasteiger partial charge < -0.3 is 15.0 Å². The van der Waals surface area contributed by atoms with E-state index in [1.807, 2.05) is 27.7 Å². The molecule has 0 amide bonds. The molecule has 0 spiro atoms. The van der Waals surface area contributed by atoms with Crippen LogP contribution in [0, 0.1) is 13.8 Å². The Kier molecular flexibility index (Phi) is 3.54. The van der Waals surface area contributed by atoms with Gasteiger partial charge in [-0.3, -0.25) is 0 Å². The van der Waals surface area contributed by atoms with E-state index < -0.39 is 7.12 Å². The van der Waals surface area contributed by atoms with Gasteiger partial charge in [-0.1, -0.05) is 23.8 Å². The monoisotopic (exact) mass is 261 g/mol. The molecule has 1 saturated heterocycles. The first-order valence-electron chi connectivity index (χ1n) is 6.82. The third-order valence-corrected chi connectivity index (χ3v) is 4.36. The molecule has 1 aromatic rings. The number of aryl methyl sites for hydroxylation is 2. The molecule has 1 heterocycles. The van der Waals surface area contributed by atoms with Crippen LogP contribution in [-0.2, 0) is 9.31 Å². The summed E-state index contributed by atoms with van der Waals surface area (Å²) in [4.78, 5) is 0. The third kappa shape index (κ3) is 2.57. The van der Waals surface area contributed by atoms with Crippen molar-refractivity contribution in [3.05, 3.63) is 34.9 Å². The van der Waals surface area contributed by atoms with E-state index in [4.69, 9.17) is 15.0 Å². The number of hydrogen-bond donors (Lipinski definition) is 1. The summed E-state index contributed by atoms with van der Waals surface area (Å²) >= 11 is 0. The predicted octanol–water partition coefficient (Wildman–Crippen LogP) is 2.93. The molecule has 4 heteroatoms. The van der Waals surface area contributed by atoms with Crippen LogP contribution in [0.1, 0.15) is 50.3 Å². The lowest BCUT2D eigenvalue weighted by atomic mass is 9.73. The Balaban J connectivity index is 2.27. The van der Waals surface area contributed by atoms with Gasteiger partial charge in [0, 0.05) is 0 Å². The van der Waals surface area contributed by atoms with E-state index in [1.165, 1.54) is 11.1 Å². The second-order valence-electron chi connectivity index (χ2n) is 6.51. The fourth-order valence-electron chi connectivity index (χ4n) is 2.30. The van der Waals surface area contributed by atoms with E-state index in [-0.39, 0.29) is 17.1 Å². The van der Waals surface area contributed by atoms with E-state index in [9.17, 15) is 0 Å². The highest BCUT2D eigenvalue weighted by atomic mass is 16.7. The number of rotatable bonds is 2. The molecular formula is C15H24BNO2. The van der Waals surface area contributed by atoms with E-state index in [0.717, 1.165) is 5.56 Å². The minimum absolute atomic E-state index is 0.263. The zero-order chi connectivity index (χ0) is 14.4. The molecule has 0 saturated carbocycles. The van der Waals surface area contributed by atoms with Gasteiger partial charge in [0.2, 0.25) is 0 Å². The van der Waals surface area contributed by atoms with Crippen molar-refractivity contribution in [3.8, 4) is 0 Å². The molecule has 0 aromatic heterocycles. The lowest BCUT2D eigenvalue weighted by molar-refractivity contribution is 0.00578. The first kappa shape index (κ1) is 14.6. The van der Waals surface area contributed by atoms with Gasteiger partial charge in [0.1, 0.15) is 0 Å². The Hall–Kier alpha value is -0.835. The molecule has 0 aliphatic carbocycles. The Morgan fingerprint density at radius 1 is 1.05 bits per heavy atom. The van der Waals surface area contributed by atoms with Gasteiger partial charge in [0.15, 0.2) is 0 Å². The average Bonchev–Trinajstić information content (AvgIpc) is 2.51. The molecule has 2 N–H and O–H groups in total. The van der Waals surface area contributed by atoms with Gasteiger partial charge in [0.25, 0.3) is 0 Å². The van der Waals surface area contributed by atoms with Crippen LogP contribution in [0.2, 0.25) is 0 Å². The molecule has 1 atom stereocenters. The summed E-state index contributed by atoms with van der Waals surface area (Å²) in [5.74, 6) is -0.263. The summed E-state index contributed by atoms with van der Waals surface area (Å²) in [7, 11) is -0.398. The minimum Gasteiger partial charge on any atom is -0.402 e. The van der Waals surface area contributed by atoms with Gasteiger partial charge in [-0.2, -0.15) is 0 Å². The highest BCUT2D eigenvalue weighted by Gasteiger charge is 2.53. The number of benzene rings is 1. The summed E-state index contributed by atoms with van der Waals surface area (Å²) < 4.78 is 12.1. The SMILES string of the molecule is Cc1ccc(C)c([C@@H](N)B2OC(C)(C)C(C)(C)O2)c1. The minimum atomic E-state index is -0.398. The van der Waals surface area contributed by atoms with Gasteiger partial charge in [-0.05, 0) is 52.7 Å². The van der Waals surface area contributed by atoms with Crippen LogP contribution in [0.3, 0.4) is 0 Å². The van der Waals surface area contributed by atoms with E-state index in [2.05, 4.69) is 32.0 Å². The second kappa shape index (κ2) is 4.62.